The number of hydrogen-bond donors (Lipinski definition) is 3. The Morgan fingerprint density at radius 2 is 1.81 bits per heavy atom. The summed E-state index contributed by atoms with van der Waals surface area (Å²) in [4.78, 5) is 23.4. The molecule has 1 aliphatic rings. The van der Waals surface area contributed by atoms with E-state index in [-0.39, 0.29) is 12.5 Å². The van der Waals surface area contributed by atoms with Crippen molar-refractivity contribution in [3.63, 3.8) is 0 Å². The van der Waals surface area contributed by atoms with Gasteiger partial charge in [0.05, 0.1) is 6.10 Å². The monoisotopic (exact) mass is 294 g/mol. The Kier molecular flexibility index (Phi) is 5.27. The second-order valence-corrected chi connectivity index (χ2v) is 5.28. The number of anilines is 1. The van der Waals surface area contributed by atoms with Crippen LogP contribution in [0.5, 0.6) is 0 Å². The summed E-state index contributed by atoms with van der Waals surface area (Å²) >= 11 is 0. The molecule has 114 valence electrons. The number of hydrogen-bond acceptors (Lipinski definition) is 3. The summed E-state index contributed by atoms with van der Waals surface area (Å²) in [5.74, 6) is -1.96. The number of amides is 2. The van der Waals surface area contributed by atoms with Crippen molar-refractivity contribution in [2.24, 2.45) is 5.92 Å². The Balaban J connectivity index is 1.79. The van der Waals surface area contributed by atoms with E-state index >= 15 is 0 Å². The largest absolute Gasteiger partial charge is 0.393 e. The molecule has 1 aromatic rings. The fraction of sp³-hybridized carbons (Fsp3) is 0.467. The highest BCUT2D eigenvalue weighted by atomic mass is 19.1. The minimum Gasteiger partial charge on any atom is -0.393 e. The SMILES string of the molecule is O=C(NC[C@@H]1CCCC[C@H]1O)C(=O)Nc1ccc(F)cc1. The van der Waals surface area contributed by atoms with E-state index in [0.717, 1.165) is 25.7 Å². The summed E-state index contributed by atoms with van der Waals surface area (Å²) < 4.78 is 12.7. The third-order valence-electron chi connectivity index (χ3n) is 3.70. The van der Waals surface area contributed by atoms with Crippen molar-refractivity contribution in [1.29, 1.82) is 0 Å². The highest BCUT2D eigenvalue weighted by Gasteiger charge is 2.24. The minimum atomic E-state index is -0.799. The molecule has 21 heavy (non-hydrogen) atoms. The van der Waals surface area contributed by atoms with Crippen molar-refractivity contribution in [2.45, 2.75) is 31.8 Å². The molecule has 1 aliphatic carbocycles. The first-order chi connectivity index (χ1) is 10.1. The molecule has 1 aromatic carbocycles. The van der Waals surface area contributed by atoms with Crippen LogP contribution in [0.25, 0.3) is 0 Å². The lowest BCUT2D eigenvalue weighted by atomic mass is 9.86. The molecule has 2 rings (SSSR count). The summed E-state index contributed by atoms with van der Waals surface area (Å²) in [6, 6.07) is 5.16. The molecule has 0 heterocycles. The van der Waals surface area contributed by atoms with Gasteiger partial charge in [0, 0.05) is 18.2 Å². The number of rotatable bonds is 3. The fourth-order valence-electron chi connectivity index (χ4n) is 2.45. The average molecular weight is 294 g/mol. The van der Waals surface area contributed by atoms with Crippen LogP contribution in [0, 0.1) is 11.7 Å². The quantitative estimate of drug-likeness (QED) is 0.738. The van der Waals surface area contributed by atoms with Gasteiger partial charge in [-0.2, -0.15) is 0 Å². The van der Waals surface area contributed by atoms with E-state index in [0.29, 0.717) is 5.69 Å². The van der Waals surface area contributed by atoms with Crippen molar-refractivity contribution >= 4 is 17.5 Å². The van der Waals surface area contributed by atoms with Gasteiger partial charge in [-0.1, -0.05) is 12.8 Å². The summed E-state index contributed by atoms with van der Waals surface area (Å²) in [5, 5.41) is 14.7. The number of halogens is 1. The molecule has 0 saturated heterocycles. The zero-order valence-corrected chi connectivity index (χ0v) is 11.6. The molecule has 0 unspecified atom stereocenters. The van der Waals surface area contributed by atoms with Crippen molar-refractivity contribution < 1.29 is 19.1 Å². The van der Waals surface area contributed by atoms with Gasteiger partial charge in [0.15, 0.2) is 0 Å². The van der Waals surface area contributed by atoms with Gasteiger partial charge in [-0.05, 0) is 37.1 Å². The van der Waals surface area contributed by atoms with Crippen LogP contribution < -0.4 is 10.6 Å². The fourth-order valence-corrected chi connectivity index (χ4v) is 2.45. The molecule has 0 aliphatic heterocycles. The van der Waals surface area contributed by atoms with Gasteiger partial charge in [-0.3, -0.25) is 9.59 Å². The van der Waals surface area contributed by atoms with E-state index in [9.17, 15) is 19.1 Å². The lowest BCUT2D eigenvalue weighted by molar-refractivity contribution is -0.136. The molecule has 0 bridgehead atoms. The number of carbonyl (C=O) groups excluding carboxylic acids is 2. The van der Waals surface area contributed by atoms with Gasteiger partial charge in [-0.15, -0.1) is 0 Å². The lowest BCUT2D eigenvalue weighted by Crippen LogP contribution is -2.41. The maximum atomic E-state index is 12.7. The Labute approximate surface area is 122 Å². The third-order valence-corrected chi connectivity index (χ3v) is 3.70. The van der Waals surface area contributed by atoms with Crippen LogP contribution in [0.15, 0.2) is 24.3 Å². The molecule has 1 fully saturated rings. The van der Waals surface area contributed by atoms with Gasteiger partial charge in [0.2, 0.25) is 0 Å². The number of benzene rings is 1. The van der Waals surface area contributed by atoms with Gasteiger partial charge < -0.3 is 15.7 Å². The van der Waals surface area contributed by atoms with E-state index in [1.54, 1.807) is 0 Å². The van der Waals surface area contributed by atoms with Crippen LogP contribution >= 0.6 is 0 Å². The second kappa shape index (κ2) is 7.17. The molecule has 6 heteroatoms. The van der Waals surface area contributed by atoms with Crippen molar-refractivity contribution in [3.8, 4) is 0 Å². The van der Waals surface area contributed by atoms with E-state index < -0.39 is 23.7 Å². The molecule has 0 spiro atoms. The topological polar surface area (TPSA) is 78.4 Å². The van der Waals surface area contributed by atoms with Gasteiger partial charge in [-0.25, -0.2) is 4.39 Å². The predicted molar refractivity (Wildman–Crippen MR) is 76.0 cm³/mol. The van der Waals surface area contributed by atoms with Crippen LogP contribution in [-0.2, 0) is 9.59 Å². The zero-order valence-electron chi connectivity index (χ0n) is 11.6. The second-order valence-electron chi connectivity index (χ2n) is 5.28. The predicted octanol–water partition coefficient (Wildman–Crippen LogP) is 1.43. The standard InChI is InChI=1S/C15H19FN2O3/c16-11-5-7-12(8-6-11)18-15(21)14(20)17-9-10-3-1-2-4-13(10)19/h5-8,10,13,19H,1-4,9H2,(H,17,20)(H,18,21)/t10-,13+/m0/s1. The first-order valence-electron chi connectivity index (χ1n) is 7.09. The molecule has 5 nitrogen and oxygen atoms in total. The van der Waals surface area contributed by atoms with Crippen LogP contribution in [0.3, 0.4) is 0 Å². The Bertz CT molecular complexity index is 504. The van der Waals surface area contributed by atoms with Crippen LogP contribution in [0.2, 0.25) is 0 Å². The van der Waals surface area contributed by atoms with E-state index in [1.165, 1.54) is 24.3 Å². The Morgan fingerprint density at radius 1 is 1.14 bits per heavy atom. The summed E-state index contributed by atoms with van der Waals surface area (Å²) in [5.41, 5.74) is 0.356. The first kappa shape index (κ1) is 15.4. The average Bonchev–Trinajstić information content (AvgIpc) is 2.48. The third kappa shape index (κ3) is 4.53. The molecular weight excluding hydrogens is 275 g/mol. The van der Waals surface area contributed by atoms with Gasteiger partial charge in [0.25, 0.3) is 0 Å². The summed E-state index contributed by atoms with van der Waals surface area (Å²) in [7, 11) is 0. The van der Waals surface area contributed by atoms with Gasteiger partial charge >= 0.3 is 11.8 Å². The normalized spacial score (nSPS) is 21.6. The van der Waals surface area contributed by atoms with E-state index in [2.05, 4.69) is 10.6 Å². The van der Waals surface area contributed by atoms with Crippen molar-refractivity contribution in [1.82, 2.24) is 5.32 Å². The van der Waals surface area contributed by atoms with Crippen LogP contribution in [-0.4, -0.2) is 29.6 Å². The summed E-state index contributed by atoms with van der Waals surface area (Å²) in [6.07, 6.45) is 3.19. The highest BCUT2D eigenvalue weighted by Crippen LogP contribution is 2.23. The molecule has 2 atom stereocenters. The number of carbonyl (C=O) groups is 2. The molecule has 3 N–H and O–H groups in total. The first-order valence-corrected chi connectivity index (χ1v) is 7.09. The maximum Gasteiger partial charge on any atom is 0.313 e. The van der Waals surface area contributed by atoms with E-state index in [1.807, 2.05) is 0 Å². The molecular formula is C15H19FN2O3. The lowest BCUT2D eigenvalue weighted by Gasteiger charge is -2.27. The Hall–Kier alpha value is -1.95. The zero-order chi connectivity index (χ0) is 15.2. The molecule has 1 saturated carbocycles. The number of aliphatic hydroxyl groups is 1. The number of nitrogens with one attached hydrogen (secondary N) is 2. The van der Waals surface area contributed by atoms with E-state index in [4.69, 9.17) is 0 Å². The van der Waals surface area contributed by atoms with Crippen molar-refractivity contribution in [3.05, 3.63) is 30.1 Å². The highest BCUT2D eigenvalue weighted by molar-refractivity contribution is 6.39. The Morgan fingerprint density at radius 3 is 2.48 bits per heavy atom. The number of aliphatic hydroxyl groups excluding tert-OH is 1. The smallest absolute Gasteiger partial charge is 0.313 e. The van der Waals surface area contributed by atoms with Gasteiger partial charge in [0.1, 0.15) is 5.82 Å². The van der Waals surface area contributed by atoms with Crippen LogP contribution in [0.1, 0.15) is 25.7 Å². The minimum absolute atomic E-state index is 0.00122. The molecule has 0 radical (unpaired) electrons. The molecule has 0 aromatic heterocycles. The maximum absolute atomic E-state index is 12.7. The molecule has 2 amide bonds. The van der Waals surface area contributed by atoms with Crippen molar-refractivity contribution in [2.75, 3.05) is 11.9 Å². The van der Waals surface area contributed by atoms with Crippen LogP contribution in [0.4, 0.5) is 10.1 Å². The summed E-state index contributed by atoms with van der Waals surface area (Å²) in [6.45, 7) is 0.289.